The number of benzene rings is 1. The van der Waals surface area contributed by atoms with Gasteiger partial charge < -0.3 is 23.4 Å². The van der Waals surface area contributed by atoms with E-state index >= 15 is 0 Å². The molecule has 0 saturated heterocycles. The second-order valence-electron chi connectivity index (χ2n) is 5.93. The fraction of sp³-hybridized carbons (Fsp3) is 0.158. The number of aromatic nitrogens is 3. The molecule has 0 unspecified atom stereocenters. The number of aromatic hydroxyl groups is 1. The van der Waals surface area contributed by atoms with Gasteiger partial charge in [-0.2, -0.15) is 9.78 Å². The van der Waals surface area contributed by atoms with E-state index in [0.29, 0.717) is 34.0 Å². The van der Waals surface area contributed by atoms with Crippen molar-refractivity contribution in [2.75, 3.05) is 14.2 Å². The number of hydrogen-bond acceptors (Lipinski definition) is 9. The summed E-state index contributed by atoms with van der Waals surface area (Å²) >= 11 is 0. The van der Waals surface area contributed by atoms with Crippen molar-refractivity contribution in [3.8, 4) is 29.1 Å². The highest BCUT2D eigenvalue weighted by Crippen LogP contribution is 2.30. The normalized spacial score (nSPS) is 11.4. The summed E-state index contributed by atoms with van der Waals surface area (Å²) in [6.45, 7) is 1.63. The summed E-state index contributed by atoms with van der Waals surface area (Å²) in [5, 5.41) is 14.4. The predicted octanol–water partition coefficient (Wildman–Crippen LogP) is 2.56. The number of hydrogen-bond donors (Lipinski definition) is 1. The predicted molar refractivity (Wildman–Crippen MR) is 103 cm³/mol. The molecular formula is C19H16N4O6. The maximum absolute atomic E-state index is 12.9. The molecular weight excluding hydrogens is 380 g/mol. The van der Waals surface area contributed by atoms with E-state index < -0.39 is 11.5 Å². The molecule has 0 bridgehead atoms. The lowest BCUT2D eigenvalue weighted by Crippen LogP contribution is -2.20. The zero-order chi connectivity index (χ0) is 20.5. The first-order valence-electron chi connectivity index (χ1n) is 8.45. The van der Waals surface area contributed by atoms with Gasteiger partial charge in [0.2, 0.25) is 0 Å². The highest BCUT2D eigenvalue weighted by molar-refractivity contribution is 5.83. The van der Waals surface area contributed by atoms with Crippen LogP contribution in [0.4, 0.5) is 0 Å². The third kappa shape index (κ3) is 3.20. The molecule has 10 nitrogen and oxygen atoms in total. The number of oxazole rings is 1. The largest absolute Gasteiger partial charge is 0.493 e. The van der Waals surface area contributed by atoms with Gasteiger partial charge in [-0.05, 0) is 25.1 Å². The molecule has 148 valence electrons. The highest BCUT2D eigenvalue weighted by Gasteiger charge is 2.16. The van der Waals surface area contributed by atoms with Gasteiger partial charge in [-0.15, -0.1) is 0 Å². The zero-order valence-corrected chi connectivity index (χ0v) is 15.7. The SMILES string of the molecule is COc1cc2nc(C)n(/N=C/c3nc(-c4ccco4)oc3O)c(=O)c2cc1OC. The van der Waals surface area contributed by atoms with Crippen molar-refractivity contribution >= 4 is 17.1 Å². The van der Waals surface area contributed by atoms with Crippen molar-refractivity contribution in [1.82, 2.24) is 14.6 Å². The van der Waals surface area contributed by atoms with Crippen LogP contribution in [0.3, 0.4) is 0 Å². The van der Waals surface area contributed by atoms with E-state index in [1.165, 1.54) is 32.8 Å². The first kappa shape index (κ1) is 18.3. The molecule has 4 rings (SSSR count). The van der Waals surface area contributed by atoms with Crippen molar-refractivity contribution in [3.05, 3.63) is 52.4 Å². The Morgan fingerprint density at radius 2 is 1.97 bits per heavy atom. The van der Waals surface area contributed by atoms with Crippen molar-refractivity contribution in [2.45, 2.75) is 6.92 Å². The molecule has 29 heavy (non-hydrogen) atoms. The first-order valence-corrected chi connectivity index (χ1v) is 8.45. The number of aryl methyl sites for hydroxylation is 1. The van der Waals surface area contributed by atoms with Crippen molar-refractivity contribution in [3.63, 3.8) is 0 Å². The monoisotopic (exact) mass is 396 g/mol. The van der Waals surface area contributed by atoms with Gasteiger partial charge in [0.15, 0.2) is 23.0 Å². The molecule has 0 aliphatic carbocycles. The number of methoxy groups -OCH3 is 2. The minimum atomic E-state index is -0.453. The molecule has 0 aliphatic rings. The van der Waals surface area contributed by atoms with Crippen LogP contribution >= 0.6 is 0 Å². The van der Waals surface area contributed by atoms with Gasteiger partial charge in [0.1, 0.15) is 5.82 Å². The van der Waals surface area contributed by atoms with E-state index in [2.05, 4.69) is 15.1 Å². The Kier molecular flexibility index (Phi) is 4.51. The summed E-state index contributed by atoms with van der Waals surface area (Å²) in [5.41, 5.74) is 0.0649. The van der Waals surface area contributed by atoms with Crippen LogP contribution in [0.15, 0.2) is 49.3 Å². The van der Waals surface area contributed by atoms with Gasteiger partial charge >= 0.3 is 5.95 Å². The third-order valence-electron chi connectivity index (χ3n) is 4.18. The fourth-order valence-corrected chi connectivity index (χ4v) is 2.78. The summed E-state index contributed by atoms with van der Waals surface area (Å²) in [7, 11) is 2.98. The molecule has 0 saturated carbocycles. The number of nitrogens with zero attached hydrogens (tertiary/aromatic N) is 4. The lowest BCUT2D eigenvalue weighted by molar-refractivity contribution is 0.333. The molecule has 3 heterocycles. The fourth-order valence-electron chi connectivity index (χ4n) is 2.78. The Balaban J connectivity index is 1.77. The summed E-state index contributed by atoms with van der Waals surface area (Å²) in [5.74, 6) is 1.18. The van der Waals surface area contributed by atoms with Crippen molar-refractivity contribution in [1.29, 1.82) is 0 Å². The van der Waals surface area contributed by atoms with E-state index in [1.54, 1.807) is 25.1 Å². The topological polar surface area (TPSA) is 125 Å². The third-order valence-corrected chi connectivity index (χ3v) is 4.18. The van der Waals surface area contributed by atoms with Crippen molar-refractivity contribution in [2.24, 2.45) is 5.10 Å². The average Bonchev–Trinajstić information content (AvgIpc) is 3.37. The molecule has 0 radical (unpaired) electrons. The molecule has 0 atom stereocenters. The lowest BCUT2D eigenvalue weighted by atomic mass is 10.2. The van der Waals surface area contributed by atoms with Gasteiger partial charge in [0.05, 0.1) is 37.6 Å². The van der Waals surface area contributed by atoms with E-state index in [4.69, 9.17) is 18.3 Å². The second kappa shape index (κ2) is 7.15. The highest BCUT2D eigenvalue weighted by atomic mass is 16.5. The Bertz CT molecular complexity index is 1270. The first-order chi connectivity index (χ1) is 14.0. The number of furan rings is 1. The molecule has 10 heteroatoms. The lowest BCUT2D eigenvalue weighted by Gasteiger charge is -2.10. The molecule has 0 aliphatic heterocycles. The Hall–Kier alpha value is -4.08. The minimum Gasteiger partial charge on any atom is -0.493 e. The Morgan fingerprint density at radius 3 is 2.66 bits per heavy atom. The molecule has 1 aromatic carbocycles. The van der Waals surface area contributed by atoms with Crippen LogP contribution < -0.4 is 15.0 Å². The summed E-state index contributed by atoms with van der Waals surface area (Å²) in [4.78, 5) is 21.4. The van der Waals surface area contributed by atoms with Crippen LogP contribution in [0.2, 0.25) is 0 Å². The quantitative estimate of drug-likeness (QED) is 0.510. The van der Waals surface area contributed by atoms with Crippen LogP contribution in [0.25, 0.3) is 22.6 Å². The standard InChI is InChI=1S/C19H16N4O6/c1-10-21-12-8-16(27-3)15(26-2)7-11(12)18(24)23(10)20-9-13-19(25)29-17(22-13)14-5-4-6-28-14/h4-9,25H,1-3H3/b20-9+. The van der Waals surface area contributed by atoms with Gasteiger partial charge in [-0.1, -0.05) is 0 Å². The number of fused-ring (bicyclic) bond motifs is 1. The molecule has 1 N–H and O–H groups in total. The molecule has 3 aromatic heterocycles. The van der Waals surface area contributed by atoms with Crippen LogP contribution in [-0.2, 0) is 0 Å². The summed E-state index contributed by atoms with van der Waals surface area (Å²) in [6.07, 6.45) is 2.66. The number of ether oxygens (including phenoxy) is 2. The van der Waals surface area contributed by atoms with Gasteiger partial charge in [-0.25, -0.2) is 9.97 Å². The molecule has 0 spiro atoms. The second-order valence-corrected chi connectivity index (χ2v) is 5.93. The molecule has 0 fully saturated rings. The van der Waals surface area contributed by atoms with Crippen LogP contribution in [0.5, 0.6) is 17.4 Å². The van der Waals surface area contributed by atoms with Gasteiger partial charge in [0, 0.05) is 6.07 Å². The molecule has 0 amide bonds. The summed E-state index contributed by atoms with van der Waals surface area (Å²) < 4.78 is 21.9. The maximum Gasteiger partial charge on any atom is 0.312 e. The van der Waals surface area contributed by atoms with E-state index in [9.17, 15) is 9.90 Å². The van der Waals surface area contributed by atoms with Crippen molar-refractivity contribution < 1.29 is 23.4 Å². The van der Waals surface area contributed by atoms with Crippen LogP contribution in [-0.4, -0.2) is 40.2 Å². The maximum atomic E-state index is 12.9. The average molecular weight is 396 g/mol. The van der Waals surface area contributed by atoms with E-state index in [1.807, 2.05) is 0 Å². The van der Waals surface area contributed by atoms with E-state index in [0.717, 1.165) is 4.68 Å². The van der Waals surface area contributed by atoms with Crippen LogP contribution in [0, 0.1) is 6.92 Å². The Morgan fingerprint density at radius 1 is 1.21 bits per heavy atom. The van der Waals surface area contributed by atoms with Gasteiger partial charge in [0.25, 0.3) is 11.4 Å². The minimum absolute atomic E-state index is 0.0371. The van der Waals surface area contributed by atoms with Crippen LogP contribution in [0.1, 0.15) is 11.5 Å². The smallest absolute Gasteiger partial charge is 0.312 e. The number of rotatable bonds is 5. The zero-order valence-electron chi connectivity index (χ0n) is 15.7. The Labute approximate surface area is 163 Å². The van der Waals surface area contributed by atoms with E-state index in [-0.39, 0.29) is 11.6 Å². The van der Waals surface area contributed by atoms with Gasteiger partial charge in [-0.3, -0.25) is 4.79 Å². The summed E-state index contributed by atoms with van der Waals surface area (Å²) in [6, 6.07) is 6.46. The molecule has 4 aromatic rings.